The van der Waals surface area contributed by atoms with Crippen LogP contribution >= 0.6 is 0 Å². The Hall–Kier alpha value is -3.41. The maximum Gasteiger partial charge on any atom is 0.411 e. The average molecular weight is 505 g/mol. The van der Waals surface area contributed by atoms with Gasteiger partial charge in [-0.25, -0.2) is 13.6 Å². The van der Waals surface area contributed by atoms with E-state index in [-0.39, 0.29) is 22.5 Å². The van der Waals surface area contributed by atoms with Gasteiger partial charge in [-0.2, -0.15) is 0 Å². The first-order valence-electron chi connectivity index (χ1n) is 13.1. The van der Waals surface area contributed by atoms with Gasteiger partial charge in [0.1, 0.15) is 11.6 Å². The lowest BCUT2D eigenvalue weighted by atomic mass is 9.64. The molecule has 5 rings (SSSR count). The number of anilines is 2. The van der Waals surface area contributed by atoms with E-state index in [0.29, 0.717) is 12.3 Å². The first-order valence-corrected chi connectivity index (χ1v) is 13.1. The van der Waals surface area contributed by atoms with E-state index >= 15 is 0 Å². The van der Waals surface area contributed by atoms with Crippen LogP contribution in [0.4, 0.5) is 25.0 Å². The van der Waals surface area contributed by atoms with Crippen molar-refractivity contribution >= 4 is 17.5 Å². The molecule has 2 aliphatic rings. The molecule has 0 fully saturated rings. The molecule has 2 heterocycles. The van der Waals surface area contributed by atoms with Gasteiger partial charge in [-0.05, 0) is 77.9 Å². The number of nitrogens with zero attached hydrogens (tertiary/aromatic N) is 1. The largest absolute Gasteiger partial charge is 0.449 e. The molecule has 37 heavy (non-hydrogen) atoms. The highest BCUT2D eigenvalue weighted by molar-refractivity contribution is 5.87. The number of benzene rings is 3. The van der Waals surface area contributed by atoms with Crippen molar-refractivity contribution < 1.29 is 18.3 Å². The van der Waals surface area contributed by atoms with Crippen LogP contribution in [0, 0.1) is 11.6 Å². The fourth-order valence-electron chi connectivity index (χ4n) is 5.91. The van der Waals surface area contributed by atoms with Crippen molar-refractivity contribution in [2.24, 2.45) is 0 Å². The van der Waals surface area contributed by atoms with Gasteiger partial charge in [0.25, 0.3) is 0 Å². The van der Waals surface area contributed by atoms with Crippen molar-refractivity contribution in [2.45, 2.75) is 57.3 Å². The molecule has 0 saturated heterocycles. The Labute approximate surface area is 217 Å². The van der Waals surface area contributed by atoms with E-state index in [1.54, 1.807) is 0 Å². The van der Waals surface area contributed by atoms with E-state index < -0.39 is 6.09 Å². The summed E-state index contributed by atoms with van der Waals surface area (Å²) in [5.74, 6) is -0.526. The molecule has 194 valence electrons. The summed E-state index contributed by atoms with van der Waals surface area (Å²) in [6.07, 6.45) is 3.00. The zero-order valence-corrected chi connectivity index (χ0v) is 21.7. The molecule has 2 aliphatic heterocycles. The minimum atomic E-state index is -0.476. The van der Waals surface area contributed by atoms with Gasteiger partial charge in [-0.3, -0.25) is 5.32 Å². The molecule has 3 aromatic rings. The van der Waals surface area contributed by atoms with Gasteiger partial charge in [-0.15, -0.1) is 0 Å². The zero-order valence-electron chi connectivity index (χ0n) is 21.7. The number of ether oxygens (including phenoxy) is 1. The number of amides is 1. The van der Waals surface area contributed by atoms with Gasteiger partial charge in [0.05, 0.1) is 6.61 Å². The lowest BCUT2D eigenvalue weighted by molar-refractivity contribution is 0.160. The third-order valence-electron chi connectivity index (χ3n) is 8.32. The Morgan fingerprint density at radius 1 is 0.892 bits per heavy atom. The topological polar surface area (TPSA) is 41.6 Å². The van der Waals surface area contributed by atoms with Crippen LogP contribution in [-0.2, 0) is 15.6 Å². The second-order valence-electron chi connectivity index (χ2n) is 10.7. The lowest BCUT2D eigenvalue weighted by Crippen LogP contribution is -2.47. The Bertz CT molecular complexity index is 1210. The summed E-state index contributed by atoms with van der Waals surface area (Å²) in [4.78, 5) is 15.1. The van der Waals surface area contributed by atoms with Crippen LogP contribution in [0.2, 0.25) is 0 Å². The molecule has 0 saturated carbocycles. The van der Waals surface area contributed by atoms with Gasteiger partial charge < -0.3 is 9.64 Å². The van der Waals surface area contributed by atoms with E-state index in [2.05, 4.69) is 24.1 Å². The van der Waals surface area contributed by atoms with Gasteiger partial charge >= 0.3 is 6.09 Å². The van der Waals surface area contributed by atoms with Gasteiger partial charge in [0.2, 0.25) is 0 Å². The van der Waals surface area contributed by atoms with E-state index in [4.69, 9.17) is 4.74 Å². The molecule has 0 aromatic heterocycles. The Balaban J connectivity index is 1.67. The van der Waals surface area contributed by atoms with Crippen LogP contribution in [0.1, 0.15) is 68.7 Å². The molecule has 4 nitrogen and oxygen atoms in total. The molecule has 0 spiro atoms. The van der Waals surface area contributed by atoms with Gasteiger partial charge in [0.15, 0.2) is 0 Å². The fraction of sp³-hybridized carbons (Fsp3) is 0.387. The summed E-state index contributed by atoms with van der Waals surface area (Å²) in [6.45, 7) is 8.56. The number of carbonyl (C=O) groups is 1. The van der Waals surface area contributed by atoms with Crippen molar-refractivity contribution in [1.82, 2.24) is 0 Å². The summed E-state index contributed by atoms with van der Waals surface area (Å²) in [7, 11) is 0. The van der Waals surface area contributed by atoms with Crippen LogP contribution in [0.3, 0.4) is 0 Å². The predicted molar refractivity (Wildman–Crippen MR) is 143 cm³/mol. The van der Waals surface area contributed by atoms with E-state index in [0.717, 1.165) is 66.7 Å². The van der Waals surface area contributed by atoms with Gasteiger partial charge in [0, 0.05) is 35.3 Å². The number of nitrogens with one attached hydrogen (secondary N) is 1. The molecule has 0 aliphatic carbocycles. The number of carbonyl (C=O) groups excluding carboxylic acids is 1. The van der Waals surface area contributed by atoms with Crippen LogP contribution in [0.25, 0.3) is 0 Å². The summed E-state index contributed by atoms with van der Waals surface area (Å²) in [5, 5.41) is 2.96. The highest BCUT2D eigenvalue weighted by atomic mass is 19.1. The molecular weight excluding hydrogens is 470 g/mol. The highest BCUT2D eigenvalue weighted by Gasteiger charge is 2.45. The van der Waals surface area contributed by atoms with Crippen molar-refractivity contribution in [1.29, 1.82) is 0 Å². The minimum Gasteiger partial charge on any atom is -0.449 e. The second kappa shape index (κ2) is 9.81. The maximum atomic E-state index is 13.8. The standard InChI is InChI=1S/C31H34F2N2O2/c1-4-5-18-37-29(36)34-25-19-26-28-27(20-25)31(3,22-8-12-24(33)13-9-22)15-17-35(28)16-14-30(26,2)21-6-10-23(32)11-7-21/h6-13,19-20H,4-5,14-18H2,1-3H3,(H,34,36)/t30-,31-/m0/s1. The predicted octanol–water partition coefficient (Wildman–Crippen LogP) is 7.54. The quantitative estimate of drug-likeness (QED) is 0.353. The number of rotatable bonds is 6. The smallest absolute Gasteiger partial charge is 0.411 e. The van der Waals surface area contributed by atoms with Crippen LogP contribution in [0.5, 0.6) is 0 Å². The summed E-state index contributed by atoms with van der Waals surface area (Å²) in [5.41, 5.74) is 5.33. The van der Waals surface area contributed by atoms with Crippen molar-refractivity contribution in [2.75, 3.05) is 29.9 Å². The minimum absolute atomic E-state index is 0.263. The summed E-state index contributed by atoms with van der Waals surface area (Å²) >= 11 is 0. The Kier molecular flexibility index (Phi) is 6.69. The average Bonchev–Trinajstić information content (AvgIpc) is 2.88. The van der Waals surface area contributed by atoms with Crippen LogP contribution in [-0.4, -0.2) is 25.8 Å². The molecule has 3 aromatic carbocycles. The Morgan fingerprint density at radius 3 is 1.84 bits per heavy atom. The molecule has 0 bridgehead atoms. The third kappa shape index (κ3) is 4.58. The van der Waals surface area contributed by atoms with E-state index in [1.165, 1.54) is 24.3 Å². The molecule has 2 atom stereocenters. The number of hydrogen-bond donors (Lipinski definition) is 1. The van der Waals surface area contributed by atoms with E-state index in [9.17, 15) is 13.6 Å². The zero-order chi connectivity index (χ0) is 26.2. The first kappa shape index (κ1) is 25.2. The summed E-state index contributed by atoms with van der Waals surface area (Å²) < 4.78 is 33.0. The molecule has 6 heteroatoms. The molecule has 1 N–H and O–H groups in total. The van der Waals surface area contributed by atoms with Crippen LogP contribution in [0.15, 0.2) is 60.7 Å². The number of hydrogen-bond acceptors (Lipinski definition) is 3. The van der Waals surface area contributed by atoms with Crippen LogP contribution < -0.4 is 10.2 Å². The molecule has 0 radical (unpaired) electrons. The normalized spacial score (nSPS) is 22.4. The van der Waals surface area contributed by atoms with Crippen molar-refractivity contribution in [3.05, 3.63) is 94.6 Å². The first-order chi connectivity index (χ1) is 17.7. The maximum absolute atomic E-state index is 13.8. The highest BCUT2D eigenvalue weighted by Crippen LogP contribution is 2.54. The SMILES string of the molecule is CCCCOC(=O)Nc1cc2c3c(c1)[C@](C)(c1ccc(F)cc1)CCN3CC[C@@]2(C)c1ccc(F)cc1. The van der Waals surface area contributed by atoms with E-state index in [1.807, 2.05) is 43.3 Å². The lowest BCUT2D eigenvalue weighted by Gasteiger charge is -2.50. The molecule has 1 amide bonds. The molecule has 0 unspecified atom stereocenters. The number of unbranched alkanes of at least 4 members (excludes halogenated alkanes) is 1. The number of halogens is 2. The second-order valence-corrected chi connectivity index (χ2v) is 10.7. The van der Waals surface area contributed by atoms with Crippen molar-refractivity contribution in [3.63, 3.8) is 0 Å². The Morgan fingerprint density at radius 2 is 1.38 bits per heavy atom. The molecular formula is C31H34F2N2O2. The third-order valence-corrected chi connectivity index (χ3v) is 8.32. The van der Waals surface area contributed by atoms with Gasteiger partial charge in [-0.1, -0.05) is 51.5 Å². The van der Waals surface area contributed by atoms with Crippen molar-refractivity contribution in [3.8, 4) is 0 Å². The fourth-order valence-corrected chi connectivity index (χ4v) is 5.91. The monoisotopic (exact) mass is 504 g/mol. The summed E-state index contributed by atoms with van der Waals surface area (Å²) in [6, 6.07) is 17.6.